The number of likely N-dealkylation sites (N-methyl/N-ethyl adjacent to an activating group) is 1. The van der Waals surface area contributed by atoms with Crippen molar-refractivity contribution in [2.75, 3.05) is 13.6 Å². The summed E-state index contributed by atoms with van der Waals surface area (Å²) < 4.78 is 2.34. The van der Waals surface area contributed by atoms with Crippen LogP contribution >= 0.6 is 22.9 Å². The van der Waals surface area contributed by atoms with E-state index in [1.807, 2.05) is 17.6 Å². The van der Waals surface area contributed by atoms with Crippen LogP contribution in [-0.2, 0) is 13.0 Å². The third-order valence-electron chi connectivity index (χ3n) is 4.43. The molecule has 0 atom stereocenters. The van der Waals surface area contributed by atoms with Gasteiger partial charge in [0, 0.05) is 59.0 Å². The van der Waals surface area contributed by atoms with Crippen LogP contribution in [0.1, 0.15) is 23.2 Å². The van der Waals surface area contributed by atoms with E-state index < -0.39 is 0 Å². The molecular formula is C18H18ClN3S. The van der Waals surface area contributed by atoms with Gasteiger partial charge in [-0.2, -0.15) is 0 Å². The maximum absolute atomic E-state index is 6.25. The lowest BCUT2D eigenvalue weighted by Crippen LogP contribution is -2.26. The van der Waals surface area contributed by atoms with Gasteiger partial charge in [-0.05, 0) is 37.7 Å². The van der Waals surface area contributed by atoms with Gasteiger partial charge in [-0.1, -0.05) is 11.6 Å². The molecule has 0 bridgehead atoms. The van der Waals surface area contributed by atoms with E-state index in [1.54, 1.807) is 11.3 Å². The lowest BCUT2D eigenvalue weighted by molar-refractivity contribution is 0.312. The van der Waals surface area contributed by atoms with Crippen molar-refractivity contribution in [1.82, 2.24) is 14.5 Å². The molecule has 0 saturated carbocycles. The molecule has 3 aromatic rings. The van der Waals surface area contributed by atoms with Crippen LogP contribution in [0.5, 0.6) is 0 Å². The van der Waals surface area contributed by atoms with Gasteiger partial charge in [0.15, 0.2) is 0 Å². The zero-order chi connectivity index (χ0) is 16.0. The van der Waals surface area contributed by atoms with E-state index in [0.717, 1.165) is 29.5 Å². The van der Waals surface area contributed by atoms with Crippen LogP contribution in [0.25, 0.3) is 22.7 Å². The predicted molar refractivity (Wildman–Crippen MR) is 98.9 cm³/mol. The SMILES string of the molecule is C/C(=C\n1c2c(c3cc(Cl)ccc31)CN(C)CC2)c1nccs1. The first-order valence-corrected chi connectivity index (χ1v) is 8.97. The summed E-state index contributed by atoms with van der Waals surface area (Å²) in [6, 6.07) is 6.20. The van der Waals surface area contributed by atoms with Gasteiger partial charge < -0.3 is 9.47 Å². The third kappa shape index (κ3) is 2.61. The normalized spacial score (nSPS) is 16.0. The molecule has 118 valence electrons. The van der Waals surface area contributed by atoms with E-state index in [2.05, 4.69) is 46.8 Å². The summed E-state index contributed by atoms with van der Waals surface area (Å²) in [7, 11) is 2.17. The molecule has 1 aliphatic rings. The quantitative estimate of drug-likeness (QED) is 0.669. The zero-order valence-electron chi connectivity index (χ0n) is 13.2. The van der Waals surface area contributed by atoms with Crippen molar-refractivity contribution < 1.29 is 0 Å². The summed E-state index contributed by atoms with van der Waals surface area (Å²) in [5.41, 5.74) is 5.22. The Morgan fingerprint density at radius 3 is 3.04 bits per heavy atom. The molecule has 23 heavy (non-hydrogen) atoms. The Morgan fingerprint density at radius 2 is 2.26 bits per heavy atom. The second-order valence-electron chi connectivity index (χ2n) is 6.09. The van der Waals surface area contributed by atoms with Gasteiger partial charge in [0.2, 0.25) is 0 Å². The summed E-state index contributed by atoms with van der Waals surface area (Å²) in [4.78, 5) is 6.79. The Bertz CT molecular complexity index is 893. The van der Waals surface area contributed by atoms with Gasteiger partial charge in [-0.25, -0.2) is 4.98 Å². The minimum atomic E-state index is 0.798. The highest BCUT2D eigenvalue weighted by Crippen LogP contribution is 2.33. The molecular weight excluding hydrogens is 326 g/mol. The van der Waals surface area contributed by atoms with E-state index in [4.69, 9.17) is 11.6 Å². The maximum atomic E-state index is 6.25. The topological polar surface area (TPSA) is 21.1 Å². The number of hydrogen-bond acceptors (Lipinski definition) is 3. The molecule has 0 fully saturated rings. The molecule has 3 heterocycles. The molecule has 0 saturated heterocycles. The van der Waals surface area contributed by atoms with Crippen LogP contribution in [-0.4, -0.2) is 28.0 Å². The highest BCUT2D eigenvalue weighted by molar-refractivity contribution is 7.10. The average molecular weight is 344 g/mol. The fourth-order valence-electron chi connectivity index (χ4n) is 3.31. The van der Waals surface area contributed by atoms with Crippen LogP contribution in [0.2, 0.25) is 5.02 Å². The molecule has 0 unspecified atom stereocenters. The summed E-state index contributed by atoms with van der Waals surface area (Å²) in [6.07, 6.45) is 5.13. The molecule has 2 aromatic heterocycles. The molecule has 0 spiro atoms. The highest BCUT2D eigenvalue weighted by atomic mass is 35.5. The number of nitrogens with zero attached hydrogens (tertiary/aromatic N) is 3. The first-order valence-electron chi connectivity index (χ1n) is 7.71. The minimum Gasteiger partial charge on any atom is -0.320 e. The van der Waals surface area contributed by atoms with Crippen molar-refractivity contribution in [3.8, 4) is 0 Å². The second-order valence-corrected chi connectivity index (χ2v) is 7.42. The van der Waals surface area contributed by atoms with Crippen LogP contribution in [0, 0.1) is 0 Å². The Morgan fingerprint density at radius 1 is 1.39 bits per heavy atom. The number of rotatable bonds is 2. The van der Waals surface area contributed by atoms with E-state index in [9.17, 15) is 0 Å². The van der Waals surface area contributed by atoms with Gasteiger partial charge in [0.05, 0.1) is 5.52 Å². The lowest BCUT2D eigenvalue weighted by Gasteiger charge is -2.23. The smallest absolute Gasteiger partial charge is 0.120 e. The lowest BCUT2D eigenvalue weighted by atomic mass is 10.1. The molecule has 0 radical (unpaired) electrons. The van der Waals surface area contributed by atoms with Gasteiger partial charge in [-0.15, -0.1) is 11.3 Å². The fourth-order valence-corrected chi connectivity index (χ4v) is 4.10. The summed E-state index contributed by atoms with van der Waals surface area (Å²) >= 11 is 7.92. The molecule has 5 heteroatoms. The molecule has 0 amide bonds. The summed E-state index contributed by atoms with van der Waals surface area (Å²) in [5, 5.41) is 5.15. The number of benzene rings is 1. The van der Waals surface area contributed by atoms with Crippen molar-refractivity contribution in [2.45, 2.75) is 19.9 Å². The molecule has 3 nitrogen and oxygen atoms in total. The van der Waals surface area contributed by atoms with Gasteiger partial charge in [0.25, 0.3) is 0 Å². The zero-order valence-corrected chi connectivity index (χ0v) is 14.8. The van der Waals surface area contributed by atoms with Crippen LogP contribution in [0.3, 0.4) is 0 Å². The van der Waals surface area contributed by atoms with Crippen LogP contribution in [0.4, 0.5) is 0 Å². The molecule has 1 aliphatic heterocycles. The summed E-state index contributed by atoms with van der Waals surface area (Å²) in [6.45, 7) is 4.19. The summed E-state index contributed by atoms with van der Waals surface area (Å²) in [5.74, 6) is 0. The first-order chi connectivity index (χ1) is 11.1. The van der Waals surface area contributed by atoms with Crippen molar-refractivity contribution in [1.29, 1.82) is 0 Å². The van der Waals surface area contributed by atoms with Crippen molar-refractivity contribution >= 4 is 45.6 Å². The van der Waals surface area contributed by atoms with E-state index >= 15 is 0 Å². The molecule has 1 aromatic carbocycles. The average Bonchev–Trinajstić information content (AvgIpc) is 3.15. The largest absolute Gasteiger partial charge is 0.320 e. The standard InChI is InChI=1S/C18H18ClN3S/c1-12(18-20-6-8-23-18)10-22-16-4-3-13(19)9-14(16)15-11-21(2)7-5-17(15)22/h3-4,6,8-10H,5,7,11H2,1-2H3/b12-10+. The second kappa shape index (κ2) is 5.78. The van der Waals surface area contributed by atoms with Crippen molar-refractivity contribution in [3.63, 3.8) is 0 Å². The molecule has 4 rings (SSSR count). The van der Waals surface area contributed by atoms with E-state index in [0.29, 0.717) is 0 Å². The first kappa shape index (κ1) is 14.9. The van der Waals surface area contributed by atoms with Gasteiger partial charge >= 0.3 is 0 Å². The number of allylic oxidation sites excluding steroid dienone is 1. The maximum Gasteiger partial charge on any atom is 0.120 e. The van der Waals surface area contributed by atoms with Crippen LogP contribution < -0.4 is 0 Å². The van der Waals surface area contributed by atoms with Crippen LogP contribution in [0.15, 0.2) is 29.8 Å². The Labute approximate surface area is 144 Å². The Hall–Kier alpha value is -1.62. The fraction of sp³-hybridized carbons (Fsp3) is 0.278. The minimum absolute atomic E-state index is 0.798. The Balaban J connectivity index is 1.94. The molecule has 0 aliphatic carbocycles. The number of halogens is 1. The van der Waals surface area contributed by atoms with Crippen molar-refractivity contribution in [3.05, 3.63) is 51.1 Å². The van der Waals surface area contributed by atoms with Crippen molar-refractivity contribution in [2.24, 2.45) is 0 Å². The Kier molecular flexibility index (Phi) is 3.76. The highest BCUT2D eigenvalue weighted by Gasteiger charge is 2.22. The van der Waals surface area contributed by atoms with E-state index in [1.165, 1.54) is 27.7 Å². The monoisotopic (exact) mass is 343 g/mol. The van der Waals surface area contributed by atoms with Gasteiger partial charge in [-0.3, -0.25) is 0 Å². The predicted octanol–water partition coefficient (Wildman–Crippen LogP) is 4.76. The number of thiazole rings is 1. The molecule has 0 N–H and O–H groups in total. The number of hydrogen-bond donors (Lipinski definition) is 0. The number of aromatic nitrogens is 2. The van der Waals surface area contributed by atoms with E-state index in [-0.39, 0.29) is 0 Å². The number of fused-ring (bicyclic) bond motifs is 3. The third-order valence-corrected chi connectivity index (χ3v) is 5.58. The van der Waals surface area contributed by atoms with Gasteiger partial charge in [0.1, 0.15) is 5.01 Å².